The van der Waals surface area contributed by atoms with Gasteiger partial charge in [0, 0.05) is 52.2 Å². The minimum atomic E-state index is 0.108. The zero-order chi connectivity index (χ0) is 16.0. The summed E-state index contributed by atoms with van der Waals surface area (Å²) >= 11 is 0. The predicted molar refractivity (Wildman–Crippen MR) is 88.4 cm³/mol. The van der Waals surface area contributed by atoms with E-state index in [1.54, 1.807) is 7.11 Å². The lowest BCUT2D eigenvalue weighted by Gasteiger charge is -2.22. The standard InChI is InChI=1S/C17H22N4O2/c1-19-15-6-4-3-5-14(15)18-17(19)21-9-12-7-20(8-13(12)10-21)16(22)11-23-2/h3-6,12-13H,7-11H2,1-2H3. The number of para-hydroxylation sites is 2. The summed E-state index contributed by atoms with van der Waals surface area (Å²) in [4.78, 5) is 21.1. The van der Waals surface area contributed by atoms with Gasteiger partial charge in [-0.15, -0.1) is 0 Å². The van der Waals surface area contributed by atoms with Crippen molar-refractivity contribution in [3.63, 3.8) is 0 Å². The number of aromatic nitrogens is 2. The zero-order valence-corrected chi connectivity index (χ0v) is 13.6. The van der Waals surface area contributed by atoms with Gasteiger partial charge in [0.2, 0.25) is 11.9 Å². The fraction of sp³-hybridized carbons (Fsp3) is 0.529. The van der Waals surface area contributed by atoms with Crippen molar-refractivity contribution in [2.24, 2.45) is 18.9 Å². The molecule has 122 valence electrons. The number of amides is 1. The number of imidazole rings is 1. The maximum absolute atomic E-state index is 12.0. The second-order valence-corrected chi connectivity index (χ2v) is 6.62. The summed E-state index contributed by atoms with van der Waals surface area (Å²) in [6.45, 7) is 3.81. The second-order valence-electron chi connectivity index (χ2n) is 6.62. The molecule has 1 aromatic heterocycles. The third kappa shape index (κ3) is 2.37. The number of likely N-dealkylation sites (tertiary alicyclic amines) is 1. The molecule has 23 heavy (non-hydrogen) atoms. The summed E-state index contributed by atoms with van der Waals surface area (Å²) in [5, 5.41) is 0. The summed E-state index contributed by atoms with van der Waals surface area (Å²) in [5.74, 6) is 2.22. The van der Waals surface area contributed by atoms with E-state index in [2.05, 4.69) is 28.6 Å². The fourth-order valence-electron chi connectivity index (χ4n) is 3.99. The van der Waals surface area contributed by atoms with E-state index in [9.17, 15) is 4.79 Å². The normalized spacial score (nSPS) is 23.7. The number of aryl methyl sites for hydroxylation is 1. The van der Waals surface area contributed by atoms with Crippen LogP contribution in [0.2, 0.25) is 0 Å². The van der Waals surface area contributed by atoms with Gasteiger partial charge in [0.1, 0.15) is 6.61 Å². The van der Waals surface area contributed by atoms with Gasteiger partial charge in [0.15, 0.2) is 0 Å². The van der Waals surface area contributed by atoms with E-state index in [1.807, 2.05) is 17.0 Å². The topological polar surface area (TPSA) is 50.6 Å². The van der Waals surface area contributed by atoms with Crippen molar-refractivity contribution < 1.29 is 9.53 Å². The lowest BCUT2D eigenvalue weighted by atomic mass is 10.0. The Labute approximate surface area is 135 Å². The van der Waals surface area contributed by atoms with Crippen LogP contribution in [0.3, 0.4) is 0 Å². The third-order valence-electron chi connectivity index (χ3n) is 5.15. The van der Waals surface area contributed by atoms with E-state index < -0.39 is 0 Å². The Bertz CT molecular complexity index is 727. The first-order valence-electron chi connectivity index (χ1n) is 8.10. The number of ether oxygens (including phenoxy) is 1. The van der Waals surface area contributed by atoms with Gasteiger partial charge in [-0.3, -0.25) is 4.79 Å². The number of carbonyl (C=O) groups excluding carboxylic acids is 1. The average Bonchev–Trinajstić information content (AvgIpc) is 3.19. The molecule has 2 aromatic rings. The van der Waals surface area contributed by atoms with Crippen LogP contribution in [0.1, 0.15) is 0 Å². The molecule has 3 heterocycles. The number of hydrogen-bond donors (Lipinski definition) is 0. The molecule has 2 unspecified atom stereocenters. The van der Waals surface area contributed by atoms with Crippen molar-refractivity contribution in [3.05, 3.63) is 24.3 Å². The molecule has 1 amide bonds. The highest BCUT2D eigenvalue weighted by molar-refractivity contribution is 5.79. The van der Waals surface area contributed by atoms with Gasteiger partial charge in [-0.05, 0) is 12.1 Å². The molecule has 1 aromatic carbocycles. The first-order chi connectivity index (χ1) is 11.2. The van der Waals surface area contributed by atoms with Gasteiger partial charge in [0.25, 0.3) is 0 Å². The molecular weight excluding hydrogens is 292 g/mol. The molecule has 2 saturated heterocycles. The van der Waals surface area contributed by atoms with Gasteiger partial charge in [-0.1, -0.05) is 12.1 Å². The summed E-state index contributed by atoms with van der Waals surface area (Å²) < 4.78 is 7.13. The van der Waals surface area contributed by atoms with Gasteiger partial charge >= 0.3 is 0 Å². The van der Waals surface area contributed by atoms with Crippen LogP contribution in [0.15, 0.2) is 24.3 Å². The van der Waals surface area contributed by atoms with Crippen molar-refractivity contribution in [1.29, 1.82) is 0 Å². The fourth-order valence-corrected chi connectivity index (χ4v) is 3.99. The van der Waals surface area contributed by atoms with Crippen LogP contribution >= 0.6 is 0 Å². The minimum absolute atomic E-state index is 0.108. The Morgan fingerprint density at radius 2 is 1.91 bits per heavy atom. The van der Waals surface area contributed by atoms with Crippen LogP contribution < -0.4 is 4.90 Å². The van der Waals surface area contributed by atoms with E-state index in [0.717, 1.165) is 43.2 Å². The van der Waals surface area contributed by atoms with Gasteiger partial charge < -0.3 is 19.1 Å². The number of anilines is 1. The number of nitrogens with zero attached hydrogens (tertiary/aromatic N) is 4. The molecule has 0 spiro atoms. The van der Waals surface area contributed by atoms with Crippen LogP contribution in [0.5, 0.6) is 0 Å². The number of hydrogen-bond acceptors (Lipinski definition) is 4. The number of rotatable bonds is 3. The molecule has 6 heteroatoms. The SMILES string of the molecule is COCC(=O)N1CC2CN(c3nc4ccccc4n3C)CC2C1. The summed E-state index contributed by atoms with van der Waals surface area (Å²) in [6, 6.07) is 8.23. The maximum atomic E-state index is 12.0. The van der Waals surface area contributed by atoms with Crippen LogP contribution in [-0.4, -0.2) is 60.3 Å². The van der Waals surface area contributed by atoms with Gasteiger partial charge in [-0.25, -0.2) is 4.98 Å². The van der Waals surface area contributed by atoms with Crippen molar-refractivity contribution >= 4 is 22.9 Å². The molecule has 2 fully saturated rings. The number of methoxy groups -OCH3 is 1. The first kappa shape index (κ1) is 14.5. The molecule has 2 aliphatic heterocycles. The first-order valence-corrected chi connectivity index (χ1v) is 8.10. The Balaban J connectivity index is 1.50. The molecule has 2 aliphatic rings. The smallest absolute Gasteiger partial charge is 0.248 e. The zero-order valence-electron chi connectivity index (χ0n) is 13.6. The van der Waals surface area contributed by atoms with E-state index in [0.29, 0.717) is 11.8 Å². The monoisotopic (exact) mass is 314 g/mol. The highest BCUT2D eigenvalue weighted by Crippen LogP contribution is 2.34. The van der Waals surface area contributed by atoms with Crippen LogP contribution in [0.25, 0.3) is 11.0 Å². The van der Waals surface area contributed by atoms with E-state index >= 15 is 0 Å². The largest absolute Gasteiger partial charge is 0.375 e. The molecule has 2 atom stereocenters. The molecule has 0 bridgehead atoms. The van der Waals surface area contributed by atoms with Crippen molar-refractivity contribution in [3.8, 4) is 0 Å². The molecule has 0 radical (unpaired) electrons. The van der Waals surface area contributed by atoms with E-state index in [4.69, 9.17) is 9.72 Å². The predicted octanol–water partition coefficient (Wildman–Crippen LogP) is 1.11. The molecule has 0 N–H and O–H groups in total. The van der Waals surface area contributed by atoms with Crippen molar-refractivity contribution in [2.75, 3.05) is 44.8 Å². The number of fused-ring (bicyclic) bond motifs is 2. The Hall–Kier alpha value is -2.08. The number of benzene rings is 1. The third-order valence-corrected chi connectivity index (χ3v) is 5.15. The maximum Gasteiger partial charge on any atom is 0.248 e. The highest BCUT2D eigenvalue weighted by Gasteiger charge is 2.42. The van der Waals surface area contributed by atoms with Gasteiger partial charge in [0.05, 0.1) is 11.0 Å². The molecule has 4 rings (SSSR count). The lowest BCUT2D eigenvalue weighted by molar-refractivity contribution is -0.134. The molecule has 0 saturated carbocycles. The van der Waals surface area contributed by atoms with Crippen LogP contribution in [0.4, 0.5) is 5.95 Å². The average molecular weight is 314 g/mol. The van der Waals surface area contributed by atoms with Crippen molar-refractivity contribution in [2.45, 2.75) is 0 Å². The summed E-state index contributed by atoms with van der Waals surface area (Å²) in [6.07, 6.45) is 0. The molecular formula is C17H22N4O2. The summed E-state index contributed by atoms with van der Waals surface area (Å²) in [5.41, 5.74) is 2.20. The Morgan fingerprint density at radius 1 is 1.22 bits per heavy atom. The Kier molecular flexibility index (Phi) is 3.49. The van der Waals surface area contributed by atoms with E-state index in [-0.39, 0.29) is 12.5 Å². The minimum Gasteiger partial charge on any atom is -0.375 e. The lowest BCUT2D eigenvalue weighted by Crippen LogP contribution is -2.35. The van der Waals surface area contributed by atoms with Crippen LogP contribution in [-0.2, 0) is 16.6 Å². The van der Waals surface area contributed by atoms with Gasteiger partial charge in [-0.2, -0.15) is 0 Å². The second kappa shape index (κ2) is 5.53. The highest BCUT2D eigenvalue weighted by atomic mass is 16.5. The Morgan fingerprint density at radius 3 is 2.57 bits per heavy atom. The van der Waals surface area contributed by atoms with Crippen molar-refractivity contribution in [1.82, 2.24) is 14.5 Å². The summed E-state index contributed by atoms with van der Waals surface area (Å²) in [7, 11) is 3.65. The number of carbonyl (C=O) groups is 1. The quantitative estimate of drug-likeness (QED) is 0.852. The molecule has 0 aliphatic carbocycles. The van der Waals surface area contributed by atoms with Crippen LogP contribution in [0, 0.1) is 11.8 Å². The van der Waals surface area contributed by atoms with E-state index in [1.165, 1.54) is 0 Å². The molecule has 6 nitrogen and oxygen atoms in total.